The molecule has 1 unspecified atom stereocenters. The van der Waals surface area contributed by atoms with Crippen molar-refractivity contribution in [2.45, 2.75) is 18.9 Å². The average molecular weight is 447 g/mol. The minimum atomic E-state index is -0.492. The second-order valence-corrected chi connectivity index (χ2v) is 7.54. The summed E-state index contributed by atoms with van der Waals surface area (Å²) in [5.41, 5.74) is 1.60. The van der Waals surface area contributed by atoms with E-state index in [4.69, 9.17) is 4.74 Å². The molecule has 33 heavy (non-hydrogen) atoms. The number of hydrogen-bond donors (Lipinski definition) is 3. The van der Waals surface area contributed by atoms with Gasteiger partial charge in [-0.25, -0.2) is 4.39 Å². The van der Waals surface area contributed by atoms with Crippen molar-refractivity contribution < 1.29 is 23.5 Å². The van der Waals surface area contributed by atoms with E-state index in [2.05, 4.69) is 16.0 Å². The van der Waals surface area contributed by atoms with Gasteiger partial charge in [0.25, 0.3) is 17.7 Å². The van der Waals surface area contributed by atoms with E-state index in [9.17, 15) is 18.8 Å². The van der Waals surface area contributed by atoms with Crippen LogP contribution in [0.5, 0.6) is 0 Å². The number of para-hydroxylation sites is 1. The normalized spacial score (nSPS) is 15.0. The van der Waals surface area contributed by atoms with Crippen molar-refractivity contribution in [2.75, 3.05) is 22.6 Å². The molecule has 0 spiro atoms. The van der Waals surface area contributed by atoms with Crippen molar-refractivity contribution in [3.8, 4) is 0 Å². The molecule has 1 aliphatic rings. The first-order chi connectivity index (χ1) is 16.0. The zero-order valence-electron chi connectivity index (χ0n) is 17.6. The molecule has 3 aromatic carbocycles. The highest BCUT2D eigenvalue weighted by Gasteiger charge is 2.23. The Bertz CT molecular complexity index is 1190. The number of benzene rings is 3. The van der Waals surface area contributed by atoms with E-state index in [0.717, 1.165) is 6.42 Å². The molecule has 0 radical (unpaired) electrons. The van der Waals surface area contributed by atoms with Crippen LogP contribution in [0.15, 0.2) is 72.8 Å². The SMILES string of the molecule is O=C(Nc1ccccc1C(=O)Nc1cccc(F)c1)c1cccc(NC(=O)C2CCCO2)c1. The molecular weight excluding hydrogens is 425 g/mol. The van der Waals surface area contributed by atoms with Gasteiger partial charge in [0.2, 0.25) is 0 Å². The smallest absolute Gasteiger partial charge is 0.257 e. The largest absolute Gasteiger partial charge is 0.368 e. The van der Waals surface area contributed by atoms with Crippen LogP contribution >= 0.6 is 0 Å². The molecule has 8 heteroatoms. The van der Waals surface area contributed by atoms with Gasteiger partial charge in [-0.05, 0) is 61.4 Å². The van der Waals surface area contributed by atoms with Crippen molar-refractivity contribution in [3.63, 3.8) is 0 Å². The van der Waals surface area contributed by atoms with Crippen molar-refractivity contribution in [3.05, 3.63) is 89.7 Å². The molecule has 1 saturated heterocycles. The van der Waals surface area contributed by atoms with Gasteiger partial charge in [-0.15, -0.1) is 0 Å². The van der Waals surface area contributed by atoms with Gasteiger partial charge in [0, 0.05) is 23.5 Å². The fourth-order valence-electron chi connectivity index (χ4n) is 3.49. The Labute approximate surface area is 190 Å². The minimum Gasteiger partial charge on any atom is -0.368 e. The molecular formula is C25H22FN3O4. The van der Waals surface area contributed by atoms with Crippen LogP contribution in [0, 0.1) is 5.82 Å². The van der Waals surface area contributed by atoms with Gasteiger partial charge in [-0.1, -0.05) is 24.3 Å². The lowest BCUT2D eigenvalue weighted by molar-refractivity contribution is -0.124. The molecule has 7 nitrogen and oxygen atoms in total. The fraction of sp³-hybridized carbons (Fsp3) is 0.160. The maximum atomic E-state index is 13.4. The van der Waals surface area contributed by atoms with Crippen molar-refractivity contribution >= 4 is 34.8 Å². The van der Waals surface area contributed by atoms with E-state index in [1.54, 1.807) is 54.6 Å². The third kappa shape index (κ3) is 5.61. The highest BCUT2D eigenvalue weighted by atomic mass is 19.1. The molecule has 0 aliphatic carbocycles. The van der Waals surface area contributed by atoms with Crippen LogP contribution in [0.1, 0.15) is 33.6 Å². The molecule has 0 aromatic heterocycles. The van der Waals surface area contributed by atoms with Gasteiger partial charge in [-0.2, -0.15) is 0 Å². The second-order valence-electron chi connectivity index (χ2n) is 7.54. The molecule has 0 saturated carbocycles. The molecule has 1 fully saturated rings. The van der Waals surface area contributed by atoms with Gasteiger partial charge in [0.1, 0.15) is 11.9 Å². The standard InChI is InChI=1S/C25H22FN3O4/c26-17-7-4-9-19(15-17)27-24(31)20-10-1-2-11-21(20)29-23(30)16-6-3-8-18(14-16)28-25(32)22-12-5-13-33-22/h1-4,6-11,14-15,22H,5,12-13H2,(H,27,31)(H,28,32)(H,29,30). The summed E-state index contributed by atoms with van der Waals surface area (Å²) in [6, 6.07) is 18.5. The van der Waals surface area contributed by atoms with Crippen LogP contribution in [0.3, 0.4) is 0 Å². The van der Waals surface area contributed by atoms with Crippen LogP contribution < -0.4 is 16.0 Å². The number of ether oxygens (including phenoxy) is 1. The summed E-state index contributed by atoms with van der Waals surface area (Å²) < 4.78 is 18.8. The Morgan fingerprint density at radius 3 is 2.33 bits per heavy atom. The predicted molar refractivity (Wildman–Crippen MR) is 123 cm³/mol. The average Bonchev–Trinajstić information content (AvgIpc) is 3.35. The molecule has 1 heterocycles. The van der Waals surface area contributed by atoms with Crippen LogP contribution in [-0.2, 0) is 9.53 Å². The first-order valence-corrected chi connectivity index (χ1v) is 10.5. The van der Waals surface area contributed by atoms with E-state index < -0.39 is 23.7 Å². The van der Waals surface area contributed by atoms with Crippen molar-refractivity contribution in [2.24, 2.45) is 0 Å². The Kier molecular flexibility index (Phi) is 6.75. The molecule has 3 N–H and O–H groups in total. The zero-order chi connectivity index (χ0) is 23.2. The number of nitrogens with one attached hydrogen (secondary N) is 3. The summed E-state index contributed by atoms with van der Waals surface area (Å²) in [5, 5.41) is 8.12. The molecule has 3 aromatic rings. The van der Waals surface area contributed by atoms with Crippen LogP contribution in [0.4, 0.5) is 21.5 Å². The van der Waals surface area contributed by atoms with E-state index in [1.807, 2.05) is 0 Å². The predicted octanol–water partition coefficient (Wildman–Crippen LogP) is 4.45. The monoisotopic (exact) mass is 447 g/mol. The molecule has 4 rings (SSSR count). The summed E-state index contributed by atoms with van der Waals surface area (Å²) in [6.07, 6.45) is 1.03. The van der Waals surface area contributed by atoms with Gasteiger partial charge in [0.15, 0.2) is 0 Å². The van der Waals surface area contributed by atoms with Crippen molar-refractivity contribution in [1.82, 2.24) is 0 Å². The molecule has 168 valence electrons. The summed E-state index contributed by atoms with van der Waals surface area (Å²) in [6.45, 7) is 0.562. The summed E-state index contributed by atoms with van der Waals surface area (Å²) in [5.74, 6) is -1.66. The Morgan fingerprint density at radius 1 is 0.818 bits per heavy atom. The van der Waals surface area contributed by atoms with Crippen molar-refractivity contribution in [1.29, 1.82) is 0 Å². The fourth-order valence-corrected chi connectivity index (χ4v) is 3.49. The lowest BCUT2D eigenvalue weighted by Crippen LogP contribution is -2.27. The molecule has 0 bridgehead atoms. The third-order valence-electron chi connectivity index (χ3n) is 5.12. The van der Waals surface area contributed by atoms with Gasteiger partial charge in [-0.3, -0.25) is 14.4 Å². The summed E-state index contributed by atoms with van der Waals surface area (Å²) in [4.78, 5) is 37.9. The first-order valence-electron chi connectivity index (χ1n) is 10.5. The van der Waals surface area contributed by atoms with Crippen LogP contribution in [0.25, 0.3) is 0 Å². The third-order valence-corrected chi connectivity index (χ3v) is 5.12. The van der Waals surface area contributed by atoms with Gasteiger partial charge >= 0.3 is 0 Å². The summed E-state index contributed by atoms with van der Waals surface area (Å²) in [7, 11) is 0. The summed E-state index contributed by atoms with van der Waals surface area (Å²) >= 11 is 0. The van der Waals surface area contributed by atoms with E-state index in [0.29, 0.717) is 35.7 Å². The maximum Gasteiger partial charge on any atom is 0.257 e. The highest BCUT2D eigenvalue weighted by molar-refractivity contribution is 6.12. The van der Waals surface area contributed by atoms with Gasteiger partial charge < -0.3 is 20.7 Å². The lowest BCUT2D eigenvalue weighted by atomic mass is 10.1. The number of anilines is 3. The van der Waals surface area contributed by atoms with Gasteiger partial charge in [0.05, 0.1) is 11.3 Å². The molecule has 1 aliphatic heterocycles. The van der Waals surface area contributed by atoms with E-state index in [1.165, 1.54) is 18.2 Å². The Balaban J connectivity index is 1.46. The minimum absolute atomic E-state index is 0.220. The number of amides is 3. The molecule has 1 atom stereocenters. The highest BCUT2D eigenvalue weighted by Crippen LogP contribution is 2.21. The molecule has 3 amide bonds. The van der Waals surface area contributed by atoms with Crippen LogP contribution in [0.2, 0.25) is 0 Å². The quantitative estimate of drug-likeness (QED) is 0.520. The second kappa shape index (κ2) is 10.1. The number of hydrogen-bond acceptors (Lipinski definition) is 4. The topological polar surface area (TPSA) is 96.5 Å². The number of carbonyl (C=O) groups is 3. The number of halogens is 1. The van der Waals surface area contributed by atoms with E-state index in [-0.39, 0.29) is 11.5 Å². The van der Waals surface area contributed by atoms with Crippen LogP contribution in [-0.4, -0.2) is 30.4 Å². The maximum absolute atomic E-state index is 13.4. The van der Waals surface area contributed by atoms with E-state index >= 15 is 0 Å². The zero-order valence-corrected chi connectivity index (χ0v) is 17.6. The number of carbonyl (C=O) groups excluding carboxylic acids is 3. The lowest BCUT2D eigenvalue weighted by Gasteiger charge is -2.13. The Hall–Kier alpha value is -4.04. The first kappa shape index (κ1) is 22.2. The number of rotatable bonds is 6. The Morgan fingerprint density at radius 2 is 1.58 bits per heavy atom.